The number of carbonyl (C=O) groups is 1. The van der Waals surface area contributed by atoms with Gasteiger partial charge in [-0.15, -0.1) is 0 Å². The summed E-state index contributed by atoms with van der Waals surface area (Å²) < 4.78 is 7.88. The topological polar surface area (TPSA) is 68.2 Å². The van der Waals surface area contributed by atoms with Gasteiger partial charge in [0.05, 0.1) is 23.6 Å². The van der Waals surface area contributed by atoms with E-state index < -0.39 is 0 Å². The molecular formula is C14H24N4O2. The van der Waals surface area contributed by atoms with Gasteiger partial charge in [-0.2, -0.15) is 0 Å². The van der Waals surface area contributed by atoms with Crippen molar-refractivity contribution in [2.45, 2.75) is 57.9 Å². The summed E-state index contributed by atoms with van der Waals surface area (Å²) in [6.45, 7) is 9.40. The first-order chi connectivity index (χ1) is 9.28. The van der Waals surface area contributed by atoms with Crippen molar-refractivity contribution in [2.75, 3.05) is 6.54 Å². The lowest BCUT2D eigenvalue weighted by atomic mass is 9.95. The normalized spacial score (nSPS) is 23.5. The molecule has 0 spiro atoms. The number of nitrogens with one attached hydrogen (secondary N) is 2. The molecule has 1 saturated heterocycles. The fourth-order valence-electron chi connectivity index (χ4n) is 2.71. The van der Waals surface area contributed by atoms with Crippen LogP contribution < -0.4 is 10.6 Å². The van der Waals surface area contributed by atoms with Gasteiger partial charge in [0.2, 0.25) is 0 Å². The minimum absolute atomic E-state index is 0.0192. The van der Waals surface area contributed by atoms with E-state index in [1.165, 1.54) is 0 Å². The van der Waals surface area contributed by atoms with Gasteiger partial charge >= 0.3 is 6.03 Å². The number of carbonyl (C=O) groups excluding carboxylic acids is 1. The maximum atomic E-state index is 11.9. The molecule has 1 aliphatic heterocycles. The molecule has 0 saturated carbocycles. The first kappa shape index (κ1) is 14.8. The largest absolute Gasteiger partial charge is 0.367 e. The molecule has 0 radical (unpaired) electrons. The smallest absolute Gasteiger partial charge is 0.315 e. The molecular weight excluding hydrogens is 256 g/mol. The van der Waals surface area contributed by atoms with E-state index in [-0.39, 0.29) is 23.3 Å². The molecule has 1 aromatic heterocycles. The van der Waals surface area contributed by atoms with Gasteiger partial charge < -0.3 is 19.9 Å². The van der Waals surface area contributed by atoms with Crippen LogP contribution in [0.3, 0.4) is 0 Å². The average molecular weight is 280 g/mol. The van der Waals surface area contributed by atoms with Gasteiger partial charge in [0, 0.05) is 25.5 Å². The predicted molar refractivity (Wildman–Crippen MR) is 76.4 cm³/mol. The number of nitrogens with zero attached hydrogens (tertiary/aromatic N) is 2. The maximum Gasteiger partial charge on any atom is 0.315 e. The molecule has 2 N–H and O–H groups in total. The Balaban J connectivity index is 1.77. The summed E-state index contributed by atoms with van der Waals surface area (Å²) in [5.41, 5.74) is -0.538. The van der Waals surface area contributed by atoms with E-state index in [0.717, 1.165) is 6.42 Å². The average Bonchev–Trinajstić information content (AvgIpc) is 2.85. The number of hydrogen-bond donors (Lipinski definition) is 2. The Bertz CT molecular complexity index is 454. The zero-order valence-electron chi connectivity index (χ0n) is 12.6. The molecule has 2 rings (SSSR count). The predicted octanol–water partition coefficient (Wildman–Crippen LogP) is 1.53. The van der Waals surface area contributed by atoms with Crippen molar-refractivity contribution < 1.29 is 9.53 Å². The standard InChI is InChI=1S/C14H24N4O2/c1-13(2)9-11(14(3,4)20-13)17-12(19)16-6-8-18-7-5-15-10-18/h5,7,10-11H,6,8-9H2,1-4H3,(H2,16,17,19)/t11-/m0/s1. The van der Waals surface area contributed by atoms with E-state index in [9.17, 15) is 4.79 Å². The molecule has 0 aliphatic carbocycles. The number of hydrogen-bond acceptors (Lipinski definition) is 3. The molecule has 2 amide bonds. The zero-order valence-corrected chi connectivity index (χ0v) is 12.6. The molecule has 1 aromatic rings. The SMILES string of the molecule is CC1(C)C[C@H](NC(=O)NCCn2ccnc2)C(C)(C)O1. The lowest BCUT2D eigenvalue weighted by Gasteiger charge is -2.27. The summed E-state index contributed by atoms with van der Waals surface area (Å²) in [7, 11) is 0. The lowest BCUT2D eigenvalue weighted by Crippen LogP contribution is -2.50. The third kappa shape index (κ3) is 3.72. The Hall–Kier alpha value is -1.56. The number of amides is 2. The number of aromatic nitrogens is 2. The summed E-state index contributed by atoms with van der Waals surface area (Å²) in [6, 6.07) is -0.129. The summed E-state index contributed by atoms with van der Waals surface area (Å²) >= 11 is 0. The van der Waals surface area contributed by atoms with E-state index in [1.54, 1.807) is 12.5 Å². The lowest BCUT2D eigenvalue weighted by molar-refractivity contribution is -0.0690. The second-order valence-electron chi connectivity index (χ2n) is 6.42. The quantitative estimate of drug-likeness (QED) is 0.879. The third-order valence-corrected chi connectivity index (χ3v) is 3.59. The number of urea groups is 1. The fourth-order valence-corrected chi connectivity index (χ4v) is 2.71. The van der Waals surface area contributed by atoms with Crippen LogP contribution in [-0.4, -0.2) is 39.4 Å². The molecule has 6 nitrogen and oxygen atoms in total. The Kier molecular flexibility index (Phi) is 4.04. The van der Waals surface area contributed by atoms with Gasteiger partial charge in [-0.25, -0.2) is 9.78 Å². The van der Waals surface area contributed by atoms with Crippen molar-refractivity contribution in [1.82, 2.24) is 20.2 Å². The van der Waals surface area contributed by atoms with Gasteiger partial charge in [-0.05, 0) is 34.1 Å². The molecule has 20 heavy (non-hydrogen) atoms. The van der Waals surface area contributed by atoms with Crippen molar-refractivity contribution in [2.24, 2.45) is 0 Å². The molecule has 1 aliphatic rings. The molecule has 1 atom stereocenters. The van der Waals surface area contributed by atoms with Gasteiger partial charge in [0.1, 0.15) is 0 Å². The van der Waals surface area contributed by atoms with Gasteiger partial charge in [0.25, 0.3) is 0 Å². The van der Waals surface area contributed by atoms with Crippen LogP contribution >= 0.6 is 0 Å². The van der Waals surface area contributed by atoms with Crippen LogP contribution in [0.2, 0.25) is 0 Å². The van der Waals surface area contributed by atoms with E-state index in [4.69, 9.17) is 4.74 Å². The van der Waals surface area contributed by atoms with Crippen LogP contribution in [0.25, 0.3) is 0 Å². The second kappa shape index (κ2) is 5.44. The van der Waals surface area contributed by atoms with Crippen molar-refractivity contribution in [3.05, 3.63) is 18.7 Å². The van der Waals surface area contributed by atoms with Crippen molar-refractivity contribution >= 4 is 6.03 Å². The third-order valence-electron chi connectivity index (χ3n) is 3.59. The maximum absolute atomic E-state index is 11.9. The summed E-state index contributed by atoms with van der Waals surface area (Å²) in [4.78, 5) is 15.9. The van der Waals surface area contributed by atoms with Gasteiger partial charge in [0.15, 0.2) is 0 Å². The summed E-state index contributed by atoms with van der Waals surface area (Å²) in [5, 5.41) is 5.86. The van der Waals surface area contributed by atoms with Crippen molar-refractivity contribution in [3.63, 3.8) is 0 Å². The summed E-state index contributed by atoms with van der Waals surface area (Å²) in [6.07, 6.45) is 6.14. The van der Waals surface area contributed by atoms with Crippen LogP contribution in [-0.2, 0) is 11.3 Å². The van der Waals surface area contributed by atoms with E-state index in [0.29, 0.717) is 13.1 Å². The Morgan fingerprint density at radius 3 is 2.75 bits per heavy atom. The molecule has 0 unspecified atom stereocenters. The highest BCUT2D eigenvalue weighted by atomic mass is 16.5. The molecule has 112 valence electrons. The second-order valence-corrected chi connectivity index (χ2v) is 6.42. The molecule has 0 aromatic carbocycles. The minimum Gasteiger partial charge on any atom is -0.367 e. The molecule has 2 heterocycles. The first-order valence-corrected chi connectivity index (χ1v) is 6.99. The fraction of sp³-hybridized carbons (Fsp3) is 0.714. The number of ether oxygens (including phenoxy) is 1. The van der Waals surface area contributed by atoms with Crippen LogP contribution in [0.4, 0.5) is 4.79 Å². The van der Waals surface area contributed by atoms with Crippen LogP contribution in [0.1, 0.15) is 34.1 Å². The van der Waals surface area contributed by atoms with Gasteiger partial charge in [-0.1, -0.05) is 0 Å². The summed E-state index contributed by atoms with van der Waals surface area (Å²) in [5.74, 6) is 0. The Morgan fingerprint density at radius 2 is 2.20 bits per heavy atom. The monoisotopic (exact) mass is 280 g/mol. The van der Waals surface area contributed by atoms with Gasteiger partial charge in [-0.3, -0.25) is 0 Å². The molecule has 1 fully saturated rings. The highest BCUT2D eigenvalue weighted by molar-refractivity contribution is 5.74. The van der Waals surface area contributed by atoms with E-state index >= 15 is 0 Å². The Morgan fingerprint density at radius 1 is 1.45 bits per heavy atom. The number of imidazole rings is 1. The van der Waals surface area contributed by atoms with Crippen LogP contribution in [0.15, 0.2) is 18.7 Å². The van der Waals surface area contributed by atoms with Crippen LogP contribution in [0, 0.1) is 0 Å². The first-order valence-electron chi connectivity index (χ1n) is 6.99. The molecule has 0 bridgehead atoms. The van der Waals surface area contributed by atoms with Crippen molar-refractivity contribution in [1.29, 1.82) is 0 Å². The van der Waals surface area contributed by atoms with Crippen LogP contribution in [0.5, 0.6) is 0 Å². The minimum atomic E-state index is -0.342. The Labute approximate surface area is 119 Å². The van der Waals surface area contributed by atoms with Crippen molar-refractivity contribution in [3.8, 4) is 0 Å². The zero-order chi connectivity index (χ0) is 14.8. The number of rotatable bonds is 4. The molecule has 6 heteroatoms. The van der Waals surface area contributed by atoms with E-state index in [1.807, 2.05) is 38.5 Å². The van der Waals surface area contributed by atoms with E-state index in [2.05, 4.69) is 15.6 Å². The highest BCUT2D eigenvalue weighted by Crippen LogP contribution is 2.37. The highest BCUT2D eigenvalue weighted by Gasteiger charge is 2.46.